The van der Waals surface area contributed by atoms with Crippen molar-refractivity contribution in [2.45, 2.75) is 32.2 Å². The second kappa shape index (κ2) is 12.0. The Kier molecular flexibility index (Phi) is 11.3. The lowest BCUT2D eigenvalue weighted by molar-refractivity contribution is -0.671. The molecular formula is C17H26ClN. The minimum atomic E-state index is 0. The summed E-state index contributed by atoms with van der Waals surface area (Å²) >= 11 is 0. The van der Waals surface area contributed by atoms with Gasteiger partial charge in [-0.25, -0.2) is 0 Å². The van der Waals surface area contributed by atoms with Gasteiger partial charge in [0, 0.05) is 5.56 Å². The summed E-state index contributed by atoms with van der Waals surface area (Å²) in [6.45, 7) is 9.95. The number of allylic oxidation sites excluding steroid dienone is 2. The van der Waals surface area contributed by atoms with Crippen molar-refractivity contribution in [2.75, 3.05) is 6.54 Å². The first-order valence-electron chi connectivity index (χ1n) is 6.94. The van der Waals surface area contributed by atoms with E-state index in [1.165, 1.54) is 24.9 Å². The van der Waals surface area contributed by atoms with Crippen molar-refractivity contribution in [3.8, 4) is 0 Å². The van der Waals surface area contributed by atoms with E-state index in [1.807, 2.05) is 12.2 Å². The molecule has 0 amide bonds. The van der Waals surface area contributed by atoms with Crippen LogP contribution in [0.3, 0.4) is 0 Å². The Hall–Kier alpha value is -1.05. The molecule has 1 aromatic carbocycles. The smallest absolute Gasteiger partial charge is 0.101 e. The van der Waals surface area contributed by atoms with Crippen molar-refractivity contribution in [3.05, 3.63) is 61.2 Å². The summed E-state index contributed by atoms with van der Waals surface area (Å²) in [5, 5.41) is 2.40. The number of rotatable bonds is 10. The minimum absolute atomic E-state index is 0. The van der Waals surface area contributed by atoms with E-state index in [2.05, 4.69) is 48.8 Å². The molecule has 0 heterocycles. The van der Waals surface area contributed by atoms with E-state index in [0.717, 1.165) is 25.3 Å². The van der Waals surface area contributed by atoms with Crippen LogP contribution in [0.15, 0.2) is 55.6 Å². The zero-order valence-electron chi connectivity index (χ0n) is 11.7. The fourth-order valence-corrected chi connectivity index (χ4v) is 2.24. The van der Waals surface area contributed by atoms with Gasteiger partial charge in [-0.2, -0.15) is 0 Å². The highest BCUT2D eigenvalue weighted by molar-refractivity contribution is 5.12. The predicted octanol–water partition coefficient (Wildman–Crippen LogP) is 0.303. The molecule has 1 nitrogen and oxygen atoms in total. The average molecular weight is 280 g/mol. The number of quaternary nitrogens is 1. The Morgan fingerprint density at radius 2 is 1.68 bits per heavy atom. The summed E-state index contributed by atoms with van der Waals surface area (Å²) in [4.78, 5) is 0. The van der Waals surface area contributed by atoms with Gasteiger partial charge in [-0.3, -0.25) is 0 Å². The maximum atomic E-state index is 3.82. The highest BCUT2D eigenvalue weighted by Crippen LogP contribution is 2.15. The SMILES string of the molecule is C=CCC(CC=C)CCC[NH2+]Cc1ccccc1.[Cl-]. The predicted molar refractivity (Wildman–Crippen MR) is 79.3 cm³/mol. The number of halogens is 1. The van der Waals surface area contributed by atoms with Crippen LogP contribution in [-0.4, -0.2) is 6.54 Å². The monoisotopic (exact) mass is 279 g/mol. The number of nitrogens with two attached hydrogens (primary N) is 1. The van der Waals surface area contributed by atoms with Gasteiger partial charge in [-0.1, -0.05) is 42.5 Å². The molecule has 1 rings (SSSR count). The lowest BCUT2D eigenvalue weighted by Gasteiger charge is -2.11. The minimum Gasteiger partial charge on any atom is -1.00 e. The molecule has 0 bridgehead atoms. The fourth-order valence-electron chi connectivity index (χ4n) is 2.24. The van der Waals surface area contributed by atoms with Crippen LogP contribution in [0.4, 0.5) is 0 Å². The van der Waals surface area contributed by atoms with Crippen molar-refractivity contribution < 1.29 is 17.7 Å². The molecule has 2 heteroatoms. The molecule has 2 N–H and O–H groups in total. The third-order valence-corrected chi connectivity index (χ3v) is 3.24. The Balaban J connectivity index is 0.00000324. The van der Waals surface area contributed by atoms with E-state index in [4.69, 9.17) is 0 Å². The van der Waals surface area contributed by atoms with Gasteiger partial charge >= 0.3 is 0 Å². The largest absolute Gasteiger partial charge is 1.00 e. The standard InChI is InChI=1S/C17H25N.ClH/c1-3-9-16(10-4-2)13-8-14-18-15-17-11-6-5-7-12-17;/h3-7,11-12,16,18H,1-2,8-10,13-15H2;1H. The van der Waals surface area contributed by atoms with E-state index in [-0.39, 0.29) is 12.4 Å². The maximum Gasteiger partial charge on any atom is 0.101 e. The summed E-state index contributed by atoms with van der Waals surface area (Å²) in [6.07, 6.45) is 8.85. The van der Waals surface area contributed by atoms with Gasteiger partial charge in [0.05, 0.1) is 6.54 Å². The first-order chi connectivity index (χ1) is 8.86. The van der Waals surface area contributed by atoms with Gasteiger partial charge in [0.25, 0.3) is 0 Å². The molecule has 0 aliphatic carbocycles. The van der Waals surface area contributed by atoms with E-state index in [9.17, 15) is 0 Å². The van der Waals surface area contributed by atoms with Crippen LogP contribution in [0.5, 0.6) is 0 Å². The molecule has 0 saturated heterocycles. The van der Waals surface area contributed by atoms with E-state index < -0.39 is 0 Å². The fraction of sp³-hybridized carbons (Fsp3) is 0.412. The average Bonchev–Trinajstić information content (AvgIpc) is 2.40. The van der Waals surface area contributed by atoms with E-state index in [1.54, 1.807) is 0 Å². The van der Waals surface area contributed by atoms with Crippen LogP contribution < -0.4 is 17.7 Å². The molecule has 0 fully saturated rings. The Morgan fingerprint density at radius 1 is 1.05 bits per heavy atom. The molecule has 0 spiro atoms. The molecule has 1 aromatic rings. The van der Waals surface area contributed by atoms with Crippen LogP contribution in [0.25, 0.3) is 0 Å². The Morgan fingerprint density at radius 3 is 2.26 bits per heavy atom. The van der Waals surface area contributed by atoms with Crippen molar-refractivity contribution in [1.29, 1.82) is 0 Å². The molecule has 19 heavy (non-hydrogen) atoms. The molecule has 106 valence electrons. The Bertz CT molecular complexity index is 324. The number of hydrogen-bond donors (Lipinski definition) is 1. The molecular weight excluding hydrogens is 254 g/mol. The van der Waals surface area contributed by atoms with Crippen LogP contribution in [-0.2, 0) is 6.54 Å². The molecule has 0 aliphatic heterocycles. The molecule has 0 radical (unpaired) electrons. The number of hydrogen-bond acceptors (Lipinski definition) is 0. The lowest BCUT2D eigenvalue weighted by atomic mass is 9.96. The van der Waals surface area contributed by atoms with Crippen molar-refractivity contribution in [3.63, 3.8) is 0 Å². The van der Waals surface area contributed by atoms with E-state index in [0.29, 0.717) is 0 Å². The van der Waals surface area contributed by atoms with Gasteiger partial charge < -0.3 is 17.7 Å². The van der Waals surface area contributed by atoms with Crippen LogP contribution >= 0.6 is 0 Å². The van der Waals surface area contributed by atoms with Crippen molar-refractivity contribution in [2.24, 2.45) is 5.92 Å². The molecule has 0 atom stereocenters. The zero-order valence-corrected chi connectivity index (χ0v) is 12.5. The molecule has 0 aliphatic rings. The highest BCUT2D eigenvalue weighted by Gasteiger charge is 2.05. The number of benzene rings is 1. The molecule has 0 aromatic heterocycles. The van der Waals surface area contributed by atoms with Crippen molar-refractivity contribution >= 4 is 0 Å². The van der Waals surface area contributed by atoms with E-state index >= 15 is 0 Å². The summed E-state index contributed by atoms with van der Waals surface area (Å²) in [6, 6.07) is 10.7. The summed E-state index contributed by atoms with van der Waals surface area (Å²) in [5.41, 5.74) is 1.41. The third-order valence-electron chi connectivity index (χ3n) is 3.24. The quantitative estimate of drug-likeness (QED) is 0.469. The normalized spacial score (nSPS) is 9.95. The topological polar surface area (TPSA) is 16.6 Å². The van der Waals surface area contributed by atoms with Gasteiger partial charge in [0.15, 0.2) is 0 Å². The van der Waals surface area contributed by atoms with Crippen molar-refractivity contribution in [1.82, 2.24) is 0 Å². The Labute approximate surface area is 124 Å². The van der Waals surface area contributed by atoms with Gasteiger partial charge in [0.2, 0.25) is 0 Å². The van der Waals surface area contributed by atoms with Gasteiger partial charge in [-0.05, 0) is 31.6 Å². The molecule has 0 saturated carbocycles. The van der Waals surface area contributed by atoms with Crippen LogP contribution in [0.2, 0.25) is 0 Å². The zero-order chi connectivity index (χ0) is 13.1. The second-order valence-corrected chi connectivity index (χ2v) is 4.82. The van der Waals surface area contributed by atoms with Crippen LogP contribution in [0.1, 0.15) is 31.2 Å². The summed E-state index contributed by atoms with van der Waals surface area (Å²) < 4.78 is 0. The first kappa shape index (κ1) is 17.9. The summed E-state index contributed by atoms with van der Waals surface area (Å²) in [7, 11) is 0. The maximum absolute atomic E-state index is 3.82. The highest BCUT2D eigenvalue weighted by atomic mass is 35.5. The summed E-state index contributed by atoms with van der Waals surface area (Å²) in [5.74, 6) is 0.741. The molecule has 0 unspecified atom stereocenters. The van der Waals surface area contributed by atoms with Crippen LogP contribution in [0, 0.1) is 5.92 Å². The third kappa shape index (κ3) is 8.63. The second-order valence-electron chi connectivity index (χ2n) is 4.82. The van der Waals surface area contributed by atoms with Gasteiger partial charge in [0.1, 0.15) is 6.54 Å². The lowest BCUT2D eigenvalue weighted by Crippen LogP contribution is -3.00. The first-order valence-corrected chi connectivity index (χ1v) is 6.94. The van der Waals surface area contributed by atoms with Gasteiger partial charge in [-0.15, -0.1) is 13.2 Å².